The Morgan fingerprint density at radius 3 is 2.80 bits per heavy atom. The molecule has 1 aromatic carbocycles. The van der Waals surface area contributed by atoms with Crippen LogP contribution in [0.4, 0.5) is 0 Å². The van der Waals surface area contributed by atoms with E-state index in [0.29, 0.717) is 21.3 Å². The minimum absolute atomic E-state index is 0.338. The van der Waals surface area contributed by atoms with Gasteiger partial charge in [0.1, 0.15) is 6.07 Å². The fourth-order valence-corrected chi connectivity index (χ4v) is 1.86. The van der Waals surface area contributed by atoms with Gasteiger partial charge in [-0.15, -0.1) is 0 Å². The summed E-state index contributed by atoms with van der Waals surface area (Å²) in [6.45, 7) is 3.94. The van der Waals surface area contributed by atoms with Gasteiger partial charge in [0, 0.05) is 3.57 Å². The number of ether oxygens (including phenoxy) is 1. The number of halogens is 1. The van der Waals surface area contributed by atoms with Gasteiger partial charge in [-0.1, -0.05) is 0 Å². The van der Waals surface area contributed by atoms with Crippen LogP contribution in [-0.4, -0.2) is 12.6 Å². The molecule has 4 heteroatoms. The van der Waals surface area contributed by atoms with Crippen LogP contribution in [0.15, 0.2) is 12.1 Å². The maximum Gasteiger partial charge on any atom is 0.339 e. The summed E-state index contributed by atoms with van der Waals surface area (Å²) in [5, 5.41) is 8.87. The van der Waals surface area contributed by atoms with Gasteiger partial charge in [0.25, 0.3) is 0 Å². The molecule has 0 aliphatic carbocycles. The van der Waals surface area contributed by atoms with Crippen molar-refractivity contribution in [2.75, 3.05) is 6.61 Å². The van der Waals surface area contributed by atoms with Gasteiger partial charge < -0.3 is 4.74 Å². The van der Waals surface area contributed by atoms with E-state index in [4.69, 9.17) is 10.00 Å². The van der Waals surface area contributed by atoms with Crippen LogP contribution in [0.3, 0.4) is 0 Å². The van der Waals surface area contributed by atoms with Crippen LogP contribution in [0.2, 0.25) is 0 Å². The summed E-state index contributed by atoms with van der Waals surface area (Å²) in [6.07, 6.45) is 0. The molecular weight excluding hydrogens is 305 g/mol. The lowest BCUT2D eigenvalue weighted by Gasteiger charge is -2.06. The van der Waals surface area contributed by atoms with Crippen molar-refractivity contribution in [1.29, 1.82) is 5.26 Å². The smallest absolute Gasteiger partial charge is 0.339 e. The second-order valence-electron chi connectivity index (χ2n) is 3.01. The van der Waals surface area contributed by atoms with Crippen LogP contribution in [0.25, 0.3) is 0 Å². The molecule has 0 spiro atoms. The van der Waals surface area contributed by atoms with E-state index >= 15 is 0 Å². The average Bonchev–Trinajstić information content (AvgIpc) is 2.21. The van der Waals surface area contributed by atoms with Crippen LogP contribution in [0.1, 0.15) is 28.4 Å². The Kier molecular flexibility index (Phi) is 4.09. The Morgan fingerprint density at radius 1 is 1.60 bits per heavy atom. The van der Waals surface area contributed by atoms with Crippen molar-refractivity contribution in [3.05, 3.63) is 32.4 Å². The standard InChI is InChI=1S/C11H10INO2/c1-3-15-11(14)9-5-7(2)4-8(6-13)10(9)12/h4-5H,3H2,1-2H3. The zero-order chi connectivity index (χ0) is 11.4. The Balaban J connectivity index is 3.24. The quantitative estimate of drug-likeness (QED) is 0.623. The molecule has 0 aliphatic rings. The van der Waals surface area contributed by atoms with Crippen molar-refractivity contribution in [3.63, 3.8) is 0 Å². The predicted molar refractivity (Wildman–Crippen MR) is 64.6 cm³/mol. The van der Waals surface area contributed by atoms with E-state index < -0.39 is 0 Å². The fraction of sp³-hybridized carbons (Fsp3) is 0.273. The first-order valence-electron chi connectivity index (χ1n) is 4.47. The Labute approximate surface area is 102 Å². The van der Waals surface area contributed by atoms with E-state index in [0.717, 1.165) is 5.56 Å². The maximum atomic E-state index is 11.5. The molecule has 0 saturated heterocycles. The van der Waals surface area contributed by atoms with E-state index in [1.165, 1.54) is 0 Å². The molecule has 0 radical (unpaired) electrons. The zero-order valence-electron chi connectivity index (χ0n) is 8.50. The average molecular weight is 315 g/mol. The zero-order valence-corrected chi connectivity index (χ0v) is 10.7. The SMILES string of the molecule is CCOC(=O)c1cc(C)cc(C#N)c1I. The third-order valence-corrected chi connectivity index (χ3v) is 2.99. The van der Waals surface area contributed by atoms with Crippen molar-refractivity contribution in [2.24, 2.45) is 0 Å². The molecule has 3 nitrogen and oxygen atoms in total. The Hall–Kier alpha value is -1.09. The van der Waals surface area contributed by atoms with E-state index in [1.807, 2.05) is 29.5 Å². The third kappa shape index (κ3) is 2.69. The van der Waals surface area contributed by atoms with Crippen molar-refractivity contribution in [3.8, 4) is 6.07 Å². The first-order chi connectivity index (χ1) is 7.10. The number of nitrogens with zero attached hydrogens (tertiary/aromatic N) is 1. The maximum absolute atomic E-state index is 11.5. The van der Waals surface area contributed by atoms with Crippen LogP contribution >= 0.6 is 22.6 Å². The number of nitriles is 1. The molecule has 0 N–H and O–H groups in total. The molecule has 0 saturated carbocycles. The van der Waals surface area contributed by atoms with Gasteiger partial charge in [-0.05, 0) is 54.1 Å². The van der Waals surface area contributed by atoms with E-state index in [9.17, 15) is 4.79 Å². The lowest BCUT2D eigenvalue weighted by Crippen LogP contribution is -2.08. The van der Waals surface area contributed by atoms with Gasteiger partial charge in [-0.2, -0.15) is 5.26 Å². The Bertz CT molecular complexity index is 435. The number of carbonyl (C=O) groups excluding carboxylic acids is 1. The van der Waals surface area contributed by atoms with Gasteiger partial charge in [-0.25, -0.2) is 4.79 Å². The minimum atomic E-state index is -0.373. The molecule has 1 rings (SSSR count). The van der Waals surface area contributed by atoms with Gasteiger partial charge in [0.2, 0.25) is 0 Å². The molecule has 15 heavy (non-hydrogen) atoms. The summed E-state index contributed by atoms with van der Waals surface area (Å²) in [5.41, 5.74) is 1.86. The highest BCUT2D eigenvalue weighted by molar-refractivity contribution is 14.1. The van der Waals surface area contributed by atoms with E-state index in [2.05, 4.69) is 6.07 Å². The lowest BCUT2D eigenvalue weighted by atomic mass is 10.1. The summed E-state index contributed by atoms with van der Waals surface area (Å²) in [5.74, 6) is -0.373. The highest BCUT2D eigenvalue weighted by atomic mass is 127. The van der Waals surface area contributed by atoms with Gasteiger partial charge in [0.05, 0.1) is 17.7 Å². The molecule has 0 heterocycles. The molecule has 0 amide bonds. The topological polar surface area (TPSA) is 50.1 Å². The second kappa shape index (κ2) is 5.12. The number of hydrogen-bond acceptors (Lipinski definition) is 3. The van der Waals surface area contributed by atoms with Crippen molar-refractivity contribution in [2.45, 2.75) is 13.8 Å². The summed E-state index contributed by atoms with van der Waals surface area (Å²) < 4.78 is 5.56. The van der Waals surface area contributed by atoms with Gasteiger partial charge >= 0.3 is 5.97 Å². The third-order valence-electron chi connectivity index (χ3n) is 1.83. The van der Waals surface area contributed by atoms with E-state index in [1.54, 1.807) is 19.1 Å². The summed E-state index contributed by atoms with van der Waals surface area (Å²) in [4.78, 5) is 11.5. The number of benzene rings is 1. The molecule has 0 fully saturated rings. The normalized spacial score (nSPS) is 9.47. The number of aryl methyl sites for hydroxylation is 1. The molecule has 0 aromatic heterocycles. The van der Waals surface area contributed by atoms with Crippen LogP contribution in [0.5, 0.6) is 0 Å². The van der Waals surface area contributed by atoms with Crippen molar-refractivity contribution < 1.29 is 9.53 Å². The first kappa shape index (κ1) is 12.0. The molecule has 0 bridgehead atoms. The monoisotopic (exact) mass is 315 g/mol. The predicted octanol–water partition coefficient (Wildman–Crippen LogP) is 2.65. The van der Waals surface area contributed by atoms with Gasteiger partial charge in [-0.3, -0.25) is 0 Å². The molecule has 1 aromatic rings. The highest BCUT2D eigenvalue weighted by Crippen LogP contribution is 2.20. The molecule has 0 aliphatic heterocycles. The van der Waals surface area contributed by atoms with Crippen molar-refractivity contribution in [1.82, 2.24) is 0 Å². The number of carbonyl (C=O) groups is 1. The molecule has 0 unspecified atom stereocenters. The minimum Gasteiger partial charge on any atom is -0.462 e. The molecular formula is C11H10INO2. The Morgan fingerprint density at radius 2 is 2.27 bits per heavy atom. The largest absolute Gasteiger partial charge is 0.462 e. The number of hydrogen-bond donors (Lipinski definition) is 0. The highest BCUT2D eigenvalue weighted by Gasteiger charge is 2.14. The summed E-state index contributed by atoms with van der Waals surface area (Å²) in [7, 11) is 0. The summed E-state index contributed by atoms with van der Waals surface area (Å²) in [6, 6.07) is 5.55. The number of rotatable bonds is 2. The summed E-state index contributed by atoms with van der Waals surface area (Å²) >= 11 is 1.99. The van der Waals surface area contributed by atoms with Crippen LogP contribution < -0.4 is 0 Å². The molecule has 78 valence electrons. The van der Waals surface area contributed by atoms with Crippen LogP contribution in [-0.2, 0) is 4.74 Å². The first-order valence-corrected chi connectivity index (χ1v) is 5.55. The van der Waals surface area contributed by atoms with Crippen molar-refractivity contribution >= 4 is 28.6 Å². The molecule has 0 atom stereocenters. The van der Waals surface area contributed by atoms with E-state index in [-0.39, 0.29) is 5.97 Å². The second-order valence-corrected chi connectivity index (χ2v) is 4.09. The van der Waals surface area contributed by atoms with Gasteiger partial charge in [0.15, 0.2) is 0 Å². The fourth-order valence-electron chi connectivity index (χ4n) is 1.21. The van der Waals surface area contributed by atoms with Crippen LogP contribution in [0, 0.1) is 21.8 Å². The number of esters is 1. The lowest BCUT2D eigenvalue weighted by molar-refractivity contribution is 0.0525.